The minimum atomic E-state index is -0.0866. The number of hydrazine groups is 1. The SMILES string of the molecule is CC(NN1CCN(C)CC1)C(=O)N1CCCC1. The van der Waals surface area contributed by atoms with Crippen LogP contribution < -0.4 is 5.43 Å². The lowest BCUT2D eigenvalue weighted by Gasteiger charge is -2.35. The van der Waals surface area contributed by atoms with Gasteiger partial charge in [-0.25, -0.2) is 10.4 Å². The molecule has 0 aromatic rings. The summed E-state index contributed by atoms with van der Waals surface area (Å²) >= 11 is 0. The van der Waals surface area contributed by atoms with Crippen LogP contribution >= 0.6 is 0 Å². The van der Waals surface area contributed by atoms with Gasteiger partial charge in [0.2, 0.25) is 5.91 Å². The number of nitrogens with zero attached hydrogens (tertiary/aromatic N) is 3. The van der Waals surface area contributed by atoms with Gasteiger partial charge in [0.25, 0.3) is 0 Å². The molecule has 98 valence electrons. The second kappa shape index (κ2) is 5.80. The number of amides is 1. The quantitative estimate of drug-likeness (QED) is 0.738. The van der Waals surface area contributed by atoms with Gasteiger partial charge in [0.15, 0.2) is 0 Å². The van der Waals surface area contributed by atoms with Crippen LogP contribution in [0.2, 0.25) is 0 Å². The largest absolute Gasteiger partial charge is 0.341 e. The van der Waals surface area contributed by atoms with E-state index < -0.39 is 0 Å². The van der Waals surface area contributed by atoms with Crippen molar-refractivity contribution in [1.82, 2.24) is 20.2 Å². The first-order valence-electron chi connectivity index (χ1n) is 6.65. The summed E-state index contributed by atoms with van der Waals surface area (Å²) in [5, 5.41) is 2.18. The maximum Gasteiger partial charge on any atom is 0.240 e. The summed E-state index contributed by atoms with van der Waals surface area (Å²) in [5.41, 5.74) is 3.33. The van der Waals surface area contributed by atoms with E-state index in [1.165, 1.54) is 0 Å². The van der Waals surface area contributed by atoms with Gasteiger partial charge in [-0.15, -0.1) is 0 Å². The van der Waals surface area contributed by atoms with Crippen LogP contribution in [0.3, 0.4) is 0 Å². The monoisotopic (exact) mass is 240 g/mol. The van der Waals surface area contributed by atoms with E-state index in [4.69, 9.17) is 0 Å². The molecule has 1 atom stereocenters. The summed E-state index contributed by atoms with van der Waals surface area (Å²) in [4.78, 5) is 16.4. The van der Waals surface area contributed by atoms with Crippen molar-refractivity contribution in [2.75, 3.05) is 46.3 Å². The minimum absolute atomic E-state index is 0.0866. The van der Waals surface area contributed by atoms with Crippen molar-refractivity contribution >= 4 is 5.91 Å². The Morgan fingerprint density at radius 3 is 2.24 bits per heavy atom. The number of rotatable bonds is 3. The fourth-order valence-electron chi connectivity index (χ4n) is 2.48. The zero-order chi connectivity index (χ0) is 12.3. The molecule has 0 saturated carbocycles. The van der Waals surface area contributed by atoms with E-state index in [2.05, 4.69) is 22.4 Å². The molecule has 0 radical (unpaired) electrons. The van der Waals surface area contributed by atoms with Gasteiger partial charge < -0.3 is 9.80 Å². The van der Waals surface area contributed by atoms with Crippen LogP contribution in [0.25, 0.3) is 0 Å². The Bertz CT molecular complexity index is 257. The molecule has 0 bridgehead atoms. The second-order valence-corrected chi connectivity index (χ2v) is 5.17. The first-order valence-corrected chi connectivity index (χ1v) is 6.65. The highest BCUT2D eigenvalue weighted by Gasteiger charge is 2.25. The lowest BCUT2D eigenvalue weighted by atomic mass is 10.3. The molecule has 0 aromatic heterocycles. The highest BCUT2D eigenvalue weighted by atomic mass is 16.2. The topological polar surface area (TPSA) is 38.8 Å². The lowest BCUT2D eigenvalue weighted by molar-refractivity contribution is -0.133. The van der Waals surface area contributed by atoms with Crippen LogP contribution in [-0.4, -0.2) is 73.1 Å². The smallest absolute Gasteiger partial charge is 0.240 e. The van der Waals surface area contributed by atoms with Crippen LogP contribution in [0.1, 0.15) is 19.8 Å². The van der Waals surface area contributed by atoms with Gasteiger partial charge in [-0.2, -0.15) is 0 Å². The van der Waals surface area contributed by atoms with Crippen LogP contribution in [-0.2, 0) is 4.79 Å². The molecule has 0 spiro atoms. The molecule has 1 amide bonds. The molecular formula is C12H24N4O. The average Bonchev–Trinajstić information content (AvgIpc) is 2.84. The molecule has 2 rings (SSSR count). The van der Waals surface area contributed by atoms with Crippen molar-refractivity contribution in [2.24, 2.45) is 0 Å². The molecule has 5 heteroatoms. The number of likely N-dealkylation sites (tertiary alicyclic amines) is 1. The molecule has 2 aliphatic heterocycles. The van der Waals surface area contributed by atoms with E-state index in [0.29, 0.717) is 0 Å². The number of nitrogens with one attached hydrogen (secondary N) is 1. The Morgan fingerprint density at radius 1 is 1.06 bits per heavy atom. The molecule has 0 aliphatic carbocycles. The zero-order valence-electron chi connectivity index (χ0n) is 11.0. The molecule has 5 nitrogen and oxygen atoms in total. The summed E-state index contributed by atoms with van der Waals surface area (Å²) in [6, 6.07) is -0.0866. The second-order valence-electron chi connectivity index (χ2n) is 5.17. The van der Waals surface area contributed by atoms with Crippen LogP contribution in [0.15, 0.2) is 0 Å². The molecule has 2 heterocycles. The minimum Gasteiger partial charge on any atom is -0.341 e. The van der Waals surface area contributed by atoms with Crippen molar-refractivity contribution in [2.45, 2.75) is 25.8 Å². The van der Waals surface area contributed by atoms with Gasteiger partial charge in [0, 0.05) is 39.3 Å². The first-order chi connectivity index (χ1) is 8.16. The Balaban J connectivity index is 1.76. The predicted molar refractivity (Wildman–Crippen MR) is 67.5 cm³/mol. The third-order valence-corrected chi connectivity index (χ3v) is 3.67. The third kappa shape index (κ3) is 3.40. The van der Waals surface area contributed by atoms with Crippen molar-refractivity contribution in [3.8, 4) is 0 Å². The van der Waals surface area contributed by atoms with E-state index in [1.807, 2.05) is 11.8 Å². The molecule has 17 heavy (non-hydrogen) atoms. The fraction of sp³-hybridized carbons (Fsp3) is 0.917. The lowest BCUT2D eigenvalue weighted by Crippen LogP contribution is -2.56. The molecule has 2 fully saturated rings. The standard InChI is InChI=1S/C12H24N4O/c1-11(12(17)15-5-3-4-6-15)13-16-9-7-14(2)8-10-16/h11,13H,3-10H2,1-2H3. The van der Waals surface area contributed by atoms with E-state index in [0.717, 1.165) is 52.1 Å². The molecule has 1 N–H and O–H groups in total. The van der Waals surface area contributed by atoms with E-state index in [9.17, 15) is 4.79 Å². The summed E-state index contributed by atoms with van der Waals surface area (Å²) in [6.07, 6.45) is 2.32. The maximum atomic E-state index is 12.1. The maximum absolute atomic E-state index is 12.1. The predicted octanol–water partition coefficient (Wildman–Crippen LogP) is -0.251. The molecule has 2 aliphatic rings. The molecule has 0 aromatic carbocycles. The third-order valence-electron chi connectivity index (χ3n) is 3.67. The van der Waals surface area contributed by atoms with Crippen molar-refractivity contribution in [3.05, 3.63) is 0 Å². The van der Waals surface area contributed by atoms with Gasteiger partial charge in [-0.3, -0.25) is 4.79 Å². The summed E-state index contributed by atoms with van der Waals surface area (Å²) in [7, 11) is 2.14. The van der Waals surface area contributed by atoms with Crippen LogP contribution in [0.4, 0.5) is 0 Å². The fourth-order valence-corrected chi connectivity index (χ4v) is 2.48. The van der Waals surface area contributed by atoms with Gasteiger partial charge in [0.05, 0.1) is 6.04 Å². The normalized spacial score (nSPS) is 25.2. The zero-order valence-corrected chi connectivity index (χ0v) is 11.0. The number of hydrogen-bond acceptors (Lipinski definition) is 4. The molecule has 1 unspecified atom stereocenters. The Labute approximate surface area is 104 Å². The Morgan fingerprint density at radius 2 is 1.65 bits per heavy atom. The number of hydrogen-bond donors (Lipinski definition) is 1. The molecular weight excluding hydrogens is 216 g/mol. The first kappa shape index (κ1) is 12.8. The Hall–Kier alpha value is -0.650. The summed E-state index contributed by atoms with van der Waals surface area (Å²) < 4.78 is 0. The van der Waals surface area contributed by atoms with E-state index in [1.54, 1.807) is 0 Å². The van der Waals surface area contributed by atoms with Gasteiger partial charge in [-0.1, -0.05) is 0 Å². The van der Waals surface area contributed by atoms with Crippen LogP contribution in [0.5, 0.6) is 0 Å². The molecule has 2 saturated heterocycles. The number of likely N-dealkylation sites (N-methyl/N-ethyl adjacent to an activating group) is 1. The summed E-state index contributed by atoms with van der Waals surface area (Å²) in [6.45, 7) is 7.97. The van der Waals surface area contributed by atoms with Crippen molar-refractivity contribution in [3.63, 3.8) is 0 Å². The van der Waals surface area contributed by atoms with E-state index in [-0.39, 0.29) is 11.9 Å². The number of carbonyl (C=O) groups excluding carboxylic acids is 1. The average molecular weight is 240 g/mol. The van der Waals surface area contributed by atoms with Gasteiger partial charge >= 0.3 is 0 Å². The van der Waals surface area contributed by atoms with Crippen molar-refractivity contribution < 1.29 is 4.79 Å². The van der Waals surface area contributed by atoms with Gasteiger partial charge in [0.1, 0.15) is 0 Å². The van der Waals surface area contributed by atoms with E-state index >= 15 is 0 Å². The summed E-state index contributed by atoms with van der Waals surface area (Å²) in [5.74, 6) is 0.251. The number of piperazine rings is 1. The number of carbonyl (C=O) groups is 1. The van der Waals surface area contributed by atoms with Gasteiger partial charge in [-0.05, 0) is 26.8 Å². The van der Waals surface area contributed by atoms with Crippen molar-refractivity contribution in [1.29, 1.82) is 0 Å². The van der Waals surface area contributed by atoms with Crippen LogP contribution in [0, 0.1) is 0 Å². The highest BCUT2D eigenvalue weighted by Crippen LogP contribution is 2.09. The highest BCUT2D eigenvalue weighted by molar-refractivity contribution is 5.81. The Kier molecular flexibility index (Phi) is 4.36.